The summed E-state index contributed by atoms with van der Waals surface area (Å²) in [5, 5.41) is 13.7. The van der Waals surface area contributed by atoms with E-state index in [9.17, 15) is 5.21 Å². The molecule has 0 aromatic heterocycles. The van der Waals surface area contributed by atoms with Crippen LogP contribution in [0.25, 0.3) is 0 Å². The van der Waals surface area contributed by atoms with Gasteiger partial charge >= 0.3 is 0 Å². The second-order valence-corrected chi connectivity index (χ2v) is 9.10. The van der Waals surface area contributed by atoms with Crippen LogP contribution in [0.1, 0.15) is 25.0 Å². The molecule has 4 heteroatoms. The smallest absolute Gasteiger partial charge is 0.108 e. The van der Waals surface area contributed by atoms with Crippen molar-refractivity contribution in [2.75, 3.05) is 26.2 Å². The van der Waals surface area contributed by atoms with Crippen LogP contribution in [0.3, 0.4) is 0 Å². The second kappa shape index (κ2) is 7.10. The molecule has 2 saturated heterocycles. The number of likely N-dealkylation sites (tertiary alicyclic amines) is 2. The van der Waals surface area contributed by atoms with Crippen LogP contribution in [-0.4, -0.2) is 37.1 Å². The molecule has 0 aliphatic carbocycles. The molecule has 2 aliphatic rings. The lowest BCUT2D eigenvalue weighted by Gasteiger charge is -2.52. The summed E-state index contributed by atoms with van der Waals surface area (Å²) in [6.45, 7) is 10.8. The zero-order valence-electron chi connectivity index (χ0n) is 16.4. The number of fused-ring (bicyclic) bond motifs is 2. The van der Waals surface area contributed by atoms with Crippen LogP contribution in [-0.2, 0) is 13.1 Å². The van der Waals surface area contributed by atoms with E-state index in [1.165, 1.54) is 11.1 Å². The number of rotatable bonds is 4. The third kappa shape index (κ3) is 3.64. The van der Waals surface area contributed by atoms with E-state index in [0.717, 1.165) is 45.0 Å². The first-order valence-corrected chi connectivity index (χ1v) is 9.99. The van der Waals surface area contributed by atoms with Crippen molar-refractivity contribution in [3.63, 3.8) is 0 Å². The third-order valence-corrected chi connectivity index (χ3v) is 6.40. The fraction of sp³-hybridized carbons (Fsp3) is 0.435. The number of hydrogen-bond donors (Lipinski definition) is 3. The van der Waals surface area contributed by atoms with Gasteiger partial charge in [0.25, 0.3) is 0 Å². The Morgan fingerprint density at radius 1 is 0.741 bits per heavy atom. The predicted molar refractivity (Wildman–Crippen MR) is 107 cm³/mol. The molecular weight excluding hydrogens is 334 g/mol. The molecule has 4 rings (SSSR count). The zero-order chi connectivity index (χ0) is 18.9. The van der Waals surface area contributed by atoms with Gasteiger partial charge in [-0.3, -0.25) is 0 Å². The number of quaternary nitrogens is 2. The molecule has 2 aromatic carbocycles. The summed E-state index contributed by atoms with van der Waals surface area (Å²) >= 11 is 0. The molecule has 2 bridgehead atoms. The fourth-order valence-electron chi connectivity index (χ4n) is 5.78. The molecule has 0 unspecified atom stereocenters. The maximum absolute atomic E-state index is 9.85. The maximum Gasteiger partial charge on any atom is 0.108 e. The molecule has 0 atom stereocenters. The predicted octanol–water partition coefficient (Wildman–Crippen LogP) is 1.03. The third-order valence-electron chi connectivity index (χ3n) is 6.40. The van der Waals surface area contributed by atoms with Gasteiger partial charge < -0.3 is 15.0 Å². The van der Waals surface area contributed by atoms with Crippen molar-refractivity contribution in [2.24, 2.45) is 16.0 Å². The number of benzene rings is 2. The van der Waals surface area contributed by atoms with E-state index in [2.05, 4.69) is 79.7 Å². The Hall–Kier alpha value is -2.17. The second-order valence-electron chi connectivity index (χ2n) is 9.10. The van der Waals surface area contributed by atoms with Crippen LogP contribution in [0.4, 0.5) is 0 Å². The highest BCUT2D eigenvalue weighted by Gasteiger charge is 2.59. The number of oxime groups is 1. The standard InChI is InChI=1S/C23H29N3O/c1-22-15-25(13-19-9-5-3-6-10-19)17-23(2,21(22)24-27)18-26(16-22)14-20-11-7-4-8-12-20/h3-12,27H,13-18H2,1-2H3/p+2. The Morgan fingerprint density at radius 2 is 1.11 bits per heavy atom. The Bertz CT molecular complexity index is 725. The molecule has 2 heterocycles. The highest BCUT2D eigenvalue weighted by atomic mass is 16.4. The van der Waals surface area contributed by atoms with Crippen molar-refractivity contribution in [1.82, 2.24) is 0 Å². The van der Waals surface area contributed by atoms with E-state index in [1.54, 1.807) is 9.80 Å². The average molecular weight is 366 g/mol. The highest BCUT2D eigenvalue weighted by molar-refractivity contribution is 5.95. The van der Waals surface area contributed by atoms with Crippen molar-refractivity contribution in [1.29, 1.82) is 0 Å². The Morgan fingerprint density at radius 3 is 1.44 bits per heavy atom. The molecule has 0 spiro atoms. The van der Waals surface area contributed by atoms with Gasteiger partial charge in [-0.2, -0.15) is 0 Å². The largest absolute Gasteiger partial charge is 0.411 e. The van der Waals surface area contributed by atoms with E-state index >= 15 is 0 Å². The van der Waals surface area contributed by atoms with E-state index < -0.39 is 0 Å². The summed E-state index contributed by atoms with van der Waals surface area (Å²) < 4.78 is 0. The van der Waals surface area contributed by atoms with Crippen LogP contribution >= 0.6 is 0 Å². The molecule has 3 N–H and O–H groups in total. The Labute approximate surface area is 162 Å². The van der Waals surface area contributed by atoms with Crippen molar-refractivity contribution in [3.05, 3.63) is 71.8 Å². The van der Waals surface area contributed by atoms with E-state index in [-0.39, 0.29) is 10.8 Å². The number of piperidine rings is 2. The van der Waals surface area contributed by atoms with Crippen LogP contribution in [0.2, 0.25) is 0 Å². The number of nitrogens with one attached hydrogen (secondary N) is 2. The normalized spacial score (nSPS) is 32.9. The monoisotopic (exact) mass is 365 g/mol. The van der Waals surface area contributed by atoms with Gasteiger partial charge in [-0.05, 0) is 13.8 Å². The Kier molecular flexibility index (Phi) is 4.79. The lowest BCUT2D eigenvalue weighted by atomic mass is 9.63. The number of nitrogens with zero attached hydrogens (tertiary/aromatic N) is 1. The first kappa shape index (κ1) is 18.2. The summed E-state index contributed by atoms with van der Waals surface area (Å²) in [6.07, 6.45) is 0. The van der Waals surface area contributed by atoms with E-state index in [0.29, 0.717) is 0 Å². The summed E-state index contributed by atoms with van der Waals surface area (Å²) in [6, 6.07) is 21.5. The summed E-state index contributed by atoms with van der Waals surface area (Å²) in [5.41, 5.74) is 3.66. The minimum atomic E-state index is -0.0613. The quantitative estimate of drug-likeness (QED) is 0.550. The topological polar surface area (TPSA) is 41.5 Å². The zero-order valence-corrected chi connectivity index (χ0v) is 16.4. The molecule has 2 aliphatic heterocycles. The van der Waals surface area contributed by atoms with Gasteiger partial charge in [0.15, 0.2) is 0 Å². The van der Waals surface area contributed by atoms with Crippen LogP contribution < -0.4 is 9.80 Å². The van der Waals surface area contributed by atoms with Crippen molar-refractivity contribution < 1.29 is 15.0 Å². The van der Waals surface area contributed by atoms with Gasteiger partial charge in [-0.1, -0.05) is 65.8 Å². The lowest BCUT2D eigenvalue weighted by molar-refractivity contribution is -0.974. The SMILES string of the molecule is CC12C[NH+](Cc3ccccc3)CC(C)(C[NH+](Cc3ccccc3)C1)C2=NO. The molecule has 2 aromatic rings. The minimum Gasteiger partial charge on any atom is -0.411 e. The Balaban J connectivity index is 1.56. The summed E-state index contributed by atoms with van der Waals surface area (Å²) in [4.78, 5) is 3.19. The van der Waals surface area contributed by atoms with Crippen LogP contribution in [0, 0.1) is 10.8 Å². The maximum atomic E-state index is 9.85. The first-order chi connectivity index (χ1) is 13.0. The van der Waals surface area contributed by atoms with Crippen molar-refractivity contribution in [2.45, 2.75) is 26.9 Å². The van der Waals surface area contributed by atoms with Gasteiger partial charge in [0.05, 0.1) is 31.9 Å². The molecule has 2 fully saturated rings. The first-order valence-electron chi connectivity index (χ1n) is 9.99. The van der Waals surface area contributed by atoms with E-state index in [1.807, 2.05) is 0 Å². The van der Waals surface area contributed by atoms with Gasteiger partial charge in [0.1, 0.15) is 23.9 Å². The van der Waals surface area contributed by atoms with Gasteiger partial charge in [-0.15, -0.1) is 0 Å². The lowest BCUT2D eigenvalue weighted by Crippen LogP contribution is -3.24. The average Bonchev–Trinajstić information content (AvgIpc) is 2.61. The van der Waals surface area contributed by atoms with Crippen LogP contribution in [0.5, 0.6) is 0 Å². The van der Waals surface area contributed by atoms with Crippen LogP contribution in [0.15, 0.2) is 65.8 Å². The molecular formula is C23H31N3O+2. The highest BCUT2D eigenvalue weighted by Crippen LogP contribution is 2.34. The molecule has 4 nitrogen and oxygen atoms in total. The van der Waals surface area contributed by atoms with Crippen molar-refractivity contribution >= 4 is 5.71 Å². The van der Waals surface area contributed by atoms with E-state index in [4.69, 9.17) is 0 Å². The van der Waals surface area contributed by atoms with Crippen molar-refractivity contribution in [3.8, 4) is 0 Å². The minimum absolute atomic E-state index is 0.0613. The molecule has 142 valence electrons. The summed E-state index contributed by atoms with van der Waals surface area (Å²) in [5.74, 6) is 0. The molecule has 0 saturated carbocycles. The van der Waals surface area contributed by atoms with Gasteiger partial charge in [-0.25, -0.2) is 0 Å². The molecule has 0 amide bonds. The number of hydrogen-bond acceptors (Lipinski definition) is 2. The molecule has 27 heavy (non-hydrogen) atoms. The van der Waals surface area contributed by atoms with Gasteiger partial charge in [0, 0.05) is 11.1 Å². The summed E-state index contributed by atoms with van der Waals surface area (Å²) in [7, 11) is 0. The van der Waals surface area contributed by atoms with Gasteiger partial charge in [0.2, 0.25) is 0 Å². The fourth-order valence-corrected chi connectivity index (χ4v) is 5.78. The molecule has 0 radical (unpaired) electrons.